The van der Waals surface area contributed by atoms with Crippen LogP contribution in [0.15, 0.2) is 47.5 Å². The van der Waals surface area contributed by atoms with Crippen LogP contribution in [0.1, 0.15) is 76.4 Å². The third-order valence-electron chi connectivity index (χ3n) is 9.98. The number of Topliss-reactive ketones (excluding diaryl/α,β-unsaturated/α-hetero) is 4. The summed E-state index contributed by atoms with van der Waals surface area (Å²) in [7, 11) is 0. The van der Waals surface area contributed by atoms with Crippen LogP contribution >= 0.6 is 0 Å². The van der Waals surface area contributed by atoms with Crippen LogP contribution in [0.4, 0.5) is 0 Å². The van der Waals surface area contributed by atoms with Crippen molar-refractivity contribution in [2.75, 3.05) is 0 Å². The first-order valence-electron chi connectivity index (χ1n) is 14.1. The van der Waals surface area contributed by atoms with Crippen molar-refractivity contribution in [3.63, 3.8) is 0 Å². The molecular formula is C34H38O6. The number of ketones is 4. The van der Waals surface area contributed by atoms with E-state index < -0.39 is 51.4 Å². The van der Waals surface area contributed by atoms with Crippen LogP contribution < -0.4 is 0 Å². The maximum Gasteiger partial charge on any atom is 0.192 e. The zero-order valence-corrected chi connectivity index (χ0v) is 24.3. The lowest BCUT2D eigenvalue weighted by molar-refractivity contribution is -0.183. The van der Waals surface area contributed by atoms with Crippen molar-refractivity contribution in [1.82, 2.24) is 0 Å². The number of fused-ring (bicyclic) bond motifs is 3. The van der Waals surface area contributed by atoms with E-state index in [-0.39, 0.29) is 23.7 Å². The highest BCUT2D eigenvalue weighted by molar-refractivity contribution is 6.27. The van der Waals surface area contributed by atoms with Crippen LogP contribution in [0.5, 0.6) is 5.75 Å². The monoisotopic (exact) mass is 542 g/mol. The molecule has 0 aliphatic heterocycles. The van der Waals surface area contributed by atoms with Gasteiger partial charge in [-0.15, -0.1) is 0 Å². The van der Waals surface area contributed by atoms with Crippen molar-refractivity contribution >= 4 is 23.1 Å². The molecule has 6 heteroatoms. The molecule has 0 heterocycles. The van der Waals surface area contributed by atoms with Crippen LogP contribution in [0.2, 0.25) is 0 Å². The van der Waals surface area contributed by atoms with Gasteiger partial charge in [0.1, 0.15) is 17.5 Å². The normalized spacial score (nSPS) is 31.7. The Morgan fingerprint density at radius 2 is 1.65 bits per heavy atom. The molecule has 2 unspecified atom stereocenters. The topological polar surface area (TPSA) is 109 Å². The molecule has 3 aliphatic carbocycles. The third-order valence-corrected chi connectivity index (χ3v) is 9.98. The van der Waals surface area contributed by atoms with Gasteiger partial charge in [0, 0.05) is 5.41 Å². The molecule has 0 spiro atoms. The molecule has 0 bridgehead atoms. The van der Waals surface area contributed by atoms with Gasteiger partial charge in [-0.2, -0.15) is 0 Å². The van der Waals surface area contributed by atoms with Gasteiger partial charge in [0.25, 0.3) is 0 Å². The SMILES string of the molecule is CCc1ccc(-c2ccc(O)c3c2C[C@@]2(C)C[C@@]4(C)C(C(C)C)=C(C)C(C(C)=O)C(=O)[C@@]4(O)C(=O)C2C3=O)cc1. The quantitative estimate of drug-likeness (QED) is 0.393. The van der Waals surface area contributed by atoms with Gasteiger partial charge in [-0.3, -0.25) is 19.2 Å². The van der Waals surface area contributed by atoms with Crippen molar-refractivity contribution < 1.29 is 29.4 Å². The van der Waals surface area contributed by atoms with Crippen molar-refractivity contribution in [1.29, 1.82) is 0 Å². The van der Waals surface area contributed by atoms with E-state index in [1.165, 1.54) is 18.6 Å². The summed E-state index contributed by atoms with van der Waals surface area (Å²) in [6, 6.07) is 11.4. The maximum atomic E-state index is 14.4. The molecular weight excluding hydrogens is 504 g/mol. The minimum atomic E-state index is -2.52. The lowest BCUT2D eigenvalue weighted by Gasteiger charge is -2.60. The van der Waals surface area contributed by atoms with Gasteiger partial charge in [-0.1, -0.05) is 76.1 Å². The molecule has 40 heavy (non-hydrogen) atoms. The number of allylic oxidation sites excluding steroid dienone is 1. The van der Waals surface area contributed by atoms with E-state index in [1.54, 1.807) is 19.9 Å². The number of hydrogen-bond acceptors (Lipinski definition) is 6. The second-order valence-electron chi connectivity index (χ2n) is 12.9. The molecule has 1 fully saturated rings. The van der Waals surface area contributed by atoms with Gasteiger partial charge in [-0.05, 0) is 72.8 Å². The second-order valence-corrected chi connectivity index (χ2v) is 12.9. The fourth-order valence-electron chi connectivity index (χ4n) is 8.53. The molecule has 0 radical (unpaired) electrons. The first-order valence-corrected chi connectivity index (χ1v) is 14.1. The summed E-state index contributed by atoms with van der Waals surface area (Å²) in [6.45, 7) is 12.6. The summed E-state index contributed by atoms with van der Waals surface area (Å²) in [5.41, 5.74) is 0.206. The fraction of sp³-hybridized carbons (Fsp3) is 0.471. The Morgan fingerprint density at radius 3 is 2.20 bits per heavy atom. The van der Waals surface area contributed by atoms with Crippen LogP contribution in [-0.2, 0) is 27.2 Å². The van der Waals surface area contributed by atoms with Gasteiger partial charge >= 0.3 is 0 Å². The second kappa shape index (κ2) is 9.07. The van der Waals surface area contributed by atoms with E-state index in [9.17, 15) is 29.4 Å². The number of rotatable bonds is 4. The number of benzene rings is 2. The summed E-state index contributed by atoms with van der Waals surface area (Å²) in [5, 5.41) is 23.1. The minimum Gasteiger partial charge on any atom is -0.507 e. The number of phenols is 1. The van der Waals surface area contributed by atoms with Crippen molar-refractivity contribution in [2.24, 2.45) is 28.6 Å². The fourth-order valence-corrected chi connectivity index (χ4v) is 8.53. The summed E-state index contributed by atoms with van der Waals surface area (Å²) in [4.78, 5) is 55.2. The molecule has 3 aliphatic rings. The summed E-state index contributed by atoms with van der Waals surface area (Å²) >= 11 is 0. The molecule has 0 saturated heterocycles. The lowest BCUT2D eigenvalue weighted by atomic mass is 9.41. The Morgan fingerprint density at radius 1 is 1.02 bits per heavy atom. The number of carbonyl (C=O) groups is 4. The molecule has 2 N–H and O–H groups in total. The predicted octanol–water partition coefficient (Wildman–Crippen LogP) is 5.45. The molecule has 2 aromatic rings. The van der Waals surface area contributed by atoms with Crippen LogP contribution in [0.3, 0.4) is 0 Å². The number of aromatic hydroxyl groups is 1. The van der Waals surface area contributed by atoms with Gasteiger partial charge < -0.3 is 10.2 Å². The van der Waals surface area contributed by atoms with Crippen LogP contribution in [0.25, 0.3) is 11.1 Å². The smallest absolute Gasteiger partial charge is 0.192 e. The number of aliphatic hydroxyl groups is 1. The summed E-state index contributed by atoms with van der Waals surface area (Å²) in [6.07, 6.45) is 1.40. The van der Waals surface area contributed by atoms with Crippen molar-refractivity contribution in [3.05, 3.63) is 64.2 Å². The standard InChI is InChI=1S/C34H38O6/c1-8-20-9-11-21(12-10-20)22-13-14-24(36)26-23(22)15-32(6)16-33(7)27(17(2)3)18(4)25(19(5)35)30(38)34(33,40)31(39)28(32)29(26)37/h9-14,17,25,28,36,40H,8,15-16H2,1-7H3/t25?,28?,32-,33-,34+/m0/s1. The Hall–Kier alpha value is -3.38. The van der Waals surface area contributed by atoms with Crippen molar-refractivity contribution in [2.45, 2.75) is 73.3 Å². The van der Waals surface area contributed by atoms with Crippen LogP contribution in [-0.4, -0.2) is 38.9 Å². The Bertz CT molecular complexity index is 1510. The maximum absolute atomic E-state index is 14.4. The van der Waals surface area contributed by atoms with Gasteiger partial charge in [0.05, 0.1) is 11.5 Å². The number of phenolic OH excluding ortho intramolecular Hbond substituents is 1. The van der Waals surface area contributed by atoms with E-state index in [2.05, 4.69) is 6.92 Å². The van der Waals surface area contributed by atoms with E-state index in [1.807, 2.05) is 45.0 Å². The largest absolute Gasteiger partial charge is 0.507 e. The number of aryl methyl sites for hydroxylation is 1. The molecule has 1 saturated carbocycles. The predicted molar refractivity (Wildman–Crippen MR) is 152 cm³/mol. The molecule has 210 valence electrons. The first kappa shape index (κ1) is 28.2. The van der Waals surface area contributed by atoms with Gasteiger partial charge in [-0.25, -0.2) is 0 Å². The Labute approximate surface area is 235 Å². The lowest BCUT2D eigenvalue weighted by Crippen LogP contribution is -2.73. The van der Waals surface area contributed by atoms with Gasteiger partial charge in [0.15, 0.2) is 23.0 Å². The first-order chi connectivity index (χ1) is 18.6. The average molecular weight is 543 g/mol. The highest BCUT2D eigenvalue weighted by Crippen LogP contribution is 2.64. The van der Waals surface area contributed by atoms with E-state index in [0.717, 1.165) is 23.1 Å². The summed E-state index contributed by atoms with van der Waals surface area (Å²) < 4.78 is 0. The minimum absolute atomic E-state index is 0.0716. The molecule has 5 atom stereocenters. The molecule has 0 amide bonds. The molecule has 5 rings (SSSR count). The number of hydrogen-bond donors (Lipinski definition) is 2. The molecule has 0 aromatic heterocycles. The van der Waals surface area contributed by atoms with E-state index in [0.29, 0.717) is 17.6 Å². The Kier molecular flexibility index (Phi) is 6.38. The van der Waals surface area contributed by atoms with Crippen molar-refractivity contribution in [3.8, 4) is 16.9 Å². The van der Waals surface area contributed by atoms with E-state index >= 15 is 0 Å². The van der Waals surface area contributed by atoms with Crippen LogP contribution in [0, 0.1) is 28.6 Å². The zero-order valence-electron chi connectivity index (χ0n) is 24.3. The van der Waals surface area contributed by atoms with E-state index in [4.69, 9.17) is 0 Å². The molecule has 6 nitrogen and oxygen atoms in total. The highest BCUT2D eigenvalue weighted by Gasteiger charge is 2.73. The molecule has 2 aromatic carbocycles. The number of carbonyl (C=O) groups excluding carboxylic acids is 4. The Balaban J connectivity index is 1.75. The average Bonchev–Trinajstić information content (AvgIpc) is 2.86. The summed E-state index contributed by atoms with van der Waals surface area (Å²) in [5.74, 6) is -5.66. The van der Waals surface area contributed by atoms with Gasteiger partial charge in [0.2, 0.25) is 0 Å². The zero-order chi connectivity index (χ0) is 29.5. The third kappa shape index (κ3) is 3.51. The highest BCUT2D eigenvalue weighted by atomic mass is 16.3.